The summed E-state index contributed by atoms with van der Waals surface area (Å²) in [4.78, 5) is 43.1. The zero-order valence-electron chi connectivity index (χ0n) is 12.4. The molecule has 6 N–H and O–H groups in total. The first kappa shape index (κ1) is 18.6. The Morgan fingerprint density at radius 2 is 2.21 bits per heavy atom. The van der Waals surface area contributed by atoms with Crippen LogP contribution in [0.25, 0.3) is 0 Å². The topological polar surface area (TPSA) is 177 Å². The Bertz CT molecular complexity index is 766. The van der Waals surface area contributed by atoms with E-state index in [0.717, 1.165) is 4.57 Å². The Hall–Kier alpha value is -1.75. The number of ether oxygens (including phenoxy) is 1. The lowest BCUT2D eigenvalue weighted by molar-refractivity contribution is -0.0451. The molecule has 1 aromatic heterocycles. The van der Waals surface area contributed by atoms with Crippen molar-refractivity contribution in [3.63, 3.8) is 0 Å². The number of nitrogens with two attached hydrogens (primary N) is 1. The van der Waals surface area contributed by atoms with E-state index in [4.69, 9.17) is 20.3 Å². The molecule has 2 rings (SSSR count). The van der Waals surface area contributed by atoms with Crippen molar-refractivity contribution in [2.75, 3.05) is 6.61 Å². The number of hydrogen-bond donors (Lipinski definition) is 5. The average molecular weight is 363 g/mol. The van der Waals surface area contributed by atoms with Crippen LogP contribution in [0, 0.1) is 0 Å². The lowest BCUT2D eigenvalue weighted by Gasteiger charge is -2.16. The van der Waals surface area contributed by atoms with Crippen molar-refractivity contribution in [3.8, 4) is 0 Å². The Balaban J connectivity index is 2.18. The van der Waals surface area contributed by atoms with Crippen LogP contribution in [0.2, 0.25) is 0 Å². The van der Waals surface area contributed by atoms with Gasteiger partial charge in [0.15, 0.2) is 0 Å². The minimum atomic E-state index is -4.70. The first-order valence-corrected chi connectivity index (χ1v) is 8.49. The van der Waals surface area contributed by atoms with E-state index in [9.17, 15) is 19.3 Å². The molecule has 11 nitrogen and oxygen atoms in total. The Morgan fingerprint density at radius 3 is 2.83 bits per heavy atom. The van der Waals surface area contributed by atoms with E-state index in [1.807, 2.05) is 0 Å². The van der Waals surface area contributed by atoms with Crippen molar-refractivity contribution >= 4 is 7.82 Å². The number of rotatable bonds is 6. The van der Waals surface area contributed by atoms with Gasteiger partial charge in [-0.1, -0.05) is 6.08 Å². The quantitative estimate of drug-likeness (QED) is 0.369. The predicted octanol–water partition coefficient (Wildman–Crippen LogP) is -1.69. The third-order valence-electron chi connectivity index (χ3n) is 3.44. The Kier molecular flexibility index (Phi) is 5.75. The summed E-state index contributed by atoms with van der Waals surface area (Å²) in [5, 5.41) is 9.90. The molecule has 134 valence electrons. The monoisotopic (exact) mass is 363 g/mol. The molecule has 0 bridgehead atoms. The van der Waals surface area contributed by atoms with Crippen LogP contribution in [0.3, 0.4) is 0 Å². The number of hydrogen-bond acceptors (Lipinski definition) is 7. The molecule has 0 aliphatic carbocycles. The summed E-state index contributed by atoms with van der Waals surface area (Å²) in [5.74, 6) is 0. The molecule has 1 fully saturated rings. The molecule has 1 aliphatic rings. The van der Waals surface area contributed by atoms with E-state index in [1.165, 1.54) is 18.5 Å². The molecule has 3 unspecified atom stereocenters. The standard InChI is InChI=1S/C12H18N3O8P/c13-3-1-2-7-5-15(12(18)14-11(7)17)10-4-8(16)9(23-10)6-22-24(19,20)21/h1,3,5,8-10,16H,2,4,6,13H2,(H,14,17,18)(H2,19,20,21). The smallest absolute Gasteiger partial charge is 0.405 e. The highest BCUT2D eigenvalue weighted by Gasteiger charge is 2.37. The molecule has 0 radical (unpaired) electrons. The van der Waals surface area contributed by atoms with Gasteiger partial charge < -0.3 is 25.4 Å². The van der Waals surface area contributed by atoms with Crippen LogP contribution >= 0.6 is 7.82 Å². The lowest BCUT2D eigenvalue weighted by Crippen LogP contribution is -2.34. The van der Waals surface area contributed by atoms with E-state index in [1.54, 1.807) is 0 Å². The third-order valence-corrected chi connectivity index (χ3v) is 3.92. The molecule has 0 saturated carbocycles. The van der Waals surface area contributed by atoms with Crippen molar-refractivity contribution in [2.24, 2.45) is 5.73 Å². The van der Waals surface area contributed by atoms with E-state index in [2.05, 4.69) is 9.51 Å². The van der Waals surface area contributed by atoms with Gasteiger partial charge in [-0.25, -0.2) is 9.36 Å². The number of H-pyrrole nitrogens is 1. The number of allylic oxidation sites excluding steroid dienone is 1. The maximum absolute atomic E-state index is 11.9. The molecular weight excluding hydrogens is 345 g/mol. The molecule has 0 amide bonds. The third kappa shape index (κ3) is 4.63. The largest absolute Gasteiger partial charge is 0.469 e. The van der Waals surface area contributed by atoms with Crippen LogP contribution in [0.4, 0.5) is 0 Å². The minimum absolute atomic E-state index is 0.00664. The highest BCUT2D eigenvalue weighted by Crippen LogP contribution is 2.38. The number of aliphatic hydroxyl groups is 1. The fourth-order valence-electron chi connectivity index (χ4n) is 2.29. The molecule has 24 heavy (non-hydrogen) atoms. The van der Waals surface area contributed by atoms with Gasteiger partial charge in [-0.05, 0) is 12.6 Å². The van der Waals surface area contributed by atoms with Crippen molar-refractivity contribution in [1.82, 2.24) is 9.55 Å². The van der Waals surface area contributed by atoms with Crippen LogP contribution < -0.4 is 17.0 Å². The zero-order chi connectivity index (χ0) is 17.9. The molecule has 0 aromatic carbocycles. The van der Waals surface area contributed by atoms with Gasteiger partial charge in [0.2, 0.25) is 0 Å². The number of nitrogens with one attached hydrogen (secondary N) is 1. The Morgan fingerprint density at radius 1 is 1.50 bits per heavy atom. The normalized spacial score (nSPS) is 24.7. The van der Waals surface area contributed by atoms with Crippen LogP contribution in [-0.2, 0) is 20.2 Å². The number of phosphoric ester groups is 1. The zero-order valence-corrected chi connectivity index (χ0v) is 13.3. The second kappa shape index (κ2) is 7.43. The summed E-state index contributed by atoms with van der Waals surface area (Å²) in [6.07, 6.45) is 1.27. The van der Waals surface area contributed by atoms with Gasteiger partial charge in [-0.3, -0.25) is 18.9 Å². The van der Waals surface area contributed by atoms with Crippen molar-refractivity contribution in [2.45, 2.75) is 31.3 Å². The van der Waals surface area contributed by atoms with Gasteiger partial charge in [0.25, 0.3) is 5.56 Å². The highest BCUT2D eigenvalue weighted by molar-refractivity contribution is 7.46. The second-order valence-corrected chi connectivity index (χ2v) is 6.41. The summed E-state index contributed by atoms with van der Waals surface area (Å²) >= 11 is 0. The van der Waals surface area contributed by atoms with Crippen molar-refractivity contribution in [1.29, 1.82) is 0 Å². The summed E-state index contributed by atoms with van der Waals surface area (Å²) < 4.78 is 21.5. The molecule has 12 heteroatoms. The summed E-state index contributed by atoms with van der Waals surface area (Å²) in [7, 11) is -4.70. The highest BCUT2D eigenvalue weighted by atomic mass is 31.2. The van der Waals surface area contributed by atoms with Gasteiger partial charge >= 0.3 is 13.5 Å². The number of nitrogens with zero attached hydrogens (tertiary/aromatic N) is 1. The lowest BCUT2D eigenvalue weighted by atomic mass is 10.2. The average Bonchev–Trinajstić information content (AvgIpc) is 2.84. The number of phosphoric acid groups is 1. The summed E-state index contributed by atoms with van der Waals surface area (Å²) in [6, 6.07) is 0. The molecule has 3 atom stereocenters. The number of aromatic nitrogens is 2. The van der Waals surface area contributed by atoms with Crippen LogP contribution in [0.15, 0.2) is 28.1 Å². The minimum Gasteiger partial charge on any atom is -0.405 e. The second-order valence-electron chi connectivity index (χ2n) is 5.17. The fraction of sp³-hybridized carbons (Fsp3) is 0.500. The molecular formula is C12H18N3O8P. The van der Waals surface area contributed by atoms with Gasteiger partial charge in [0.05, 0.1) is 12.7 Å². The fourth-order valence-corrected chi connectivity index (χ4v) is 2.63. The Labute approximate surface area is 135 Å². The van der Waals surface area contributed by atoms with Crippen LogP contribution in [0.1, 0.15) is 18.2 Å². The van der Waals surface area contributed by atoms with Gasteiger partial charge in [-0.2, -0.15) is 0 Å². The summed E-state index contributed by atoms with van der Waals surface area (Å²) in [6.45, 7) is -0.539. The van der Waals surface area contributed by atoms with Crippen molar-refractivity contribution in [3.05, 3.63) is 44.9 Å². The van der Waals surface area contributed by atoms with Gasteiger partial charge in [-0.15, -0.1) is 0 Å². The van der Waals surface area contributed by atoms with E-state index >= 15 is 0 Å². The predicted molar refractivity (Wildman–Crippen MR) is 80.9 cm³/mol. The van der Waals surface area contributed by atoms with E-state index in [0.29, 0.717) is 0 Å². The van der Waals surface area contributed by atoms with Gasteiger partial charge in [0, 0.05) is 18.2 Å². The van der Waals surface area contributed by atoms with Crippen LogP contribution in [-0.4, -0.2) is 43.3 Å². The van der Waals surface area contributed by atoms with E-state index in [-0.39, 0.29) is 18.4 Å². The van der Waals surface area contributed by atoms with Gasteiger partial charge in [0.1, 0.15) is 12.3 Å². The maximum Gasteiger partial charge on any atom is 0.469 e. The molecule has 1 saturated heterocycles. The first-order valence-electron chi connectivity index (χ1n) is 6.96. The van der Waals surface area contributed by atoms with E-state index < -0.39 is 44.1 Å². The summed E-state index contributed by atoms with van der Waals surface area (Å²) in [5.41, 5.74) is 4.20. The first-order chi connectivity index (χ1) is 11.2. The molecule has 0 spiro atoms. The molecule has 1 aromatic rings. The molecule has 1 aliphatic heterocycles. The SMILES string of the molecule is NC=CCc1cn(C2CC(O)C(COP(=O)(O)O)O2)c(=O)[nH]c1=O. The van der Waals surface area contributed by atoms with Crippen LogP contribution in [0.5, 0.6) is 0 Å². The molecule has 2 heterocycles. The maximum atomic E-state index is 11.9. The number of aliphatic hydroxyl groups excluding tert-OH is 1. The van der Waals surface area contributed by atoms with Crippen molar-refractivity contribution < 1.29 is 28.7 Å². The number of aromatic amines is 1.